The molecule has 0 spiro atoms. The summed E-state index contributed by atoms with van der Waals surface area (Å²) >= 11 is 10.2. The lowest BCUT2D eigenvalue weighted by Gasteiger charge is -2.16. The Balaban J connectivity index is 0.000000276. The highest BCUT2D eigenvalue weighted by molar-refractivity contribution is 14.1. The minimum absolute atomic E-state index is 0.00733. The fraction of sp³-hybridized carbons (Fsp3) is 0.212. The second kappa shape index (κ2) is 20.6. The van der Waals surface area contributed by atoms with Crippen LogP contribution in [-0.2, 0) is 9.68 Å². The van der Waals surface area contributed by atoms with Crippen LogP contribution < -0.4 is 21.6 Å². The smallest absolute Gasteiger partial charge is 0.277 e. The van der Waals surface area contributed by atoms with E-state index in [9.17, 15) is 31.5 Å². The van der Waals surface area contributed by atoms with Gasteiger partial charge in [0.05, 0.1) is 46.4 Å². The zero-order valence-corrected chi connectivity index (χ0v) is 31.6. The second-order valence-electron chi connectivity index (χ2n) is 10.2. The lowest BCUT2D eigenvalue weighted by Crippen LogP contribution is -2.26. The Bertz CT molecular complexity index is 1860. The van der Waals surface area contributed by atoms with Crippen molar-refractivity contribution in [1.29, 1.82) is 0 Å². The number of halogens is 8. The SMILES string of the molecule is Cc1cc(I)ccc1Nc1c(C(=O)NOCCCO)cc(F)c(F)c1F.O=C(NOCCCO)c1ccc(F)c(F)c1Nc1ccc(I)cc1Cl. The summed E-state index contributed by atoms with van der Waals surface area (Å²) in [6, 6.07) is 12.7. The summed E-state index contributed by atoms with van der Waals surface area (Å²) in [5.41, 5.74) is 4.14. The topological polar surface area (TPSA) is 141 Å². The first kappa shape index (κ1) is 42.1. The van der Waals surface area contributed by atoms with E-state index in [1.165, 1.54) is 0 Å². The molecule has 4 rings (SSSR count). The summed E-state index contributed by atoms with van der Waals surface area (Å²) in [4.78, 5) is 34.0. The maximum Gasteiger partial charge on any atom is 0.277 e. The number of benzene rings is 4. The molecule has 0 radical (unpaired) electrons. The van der Waals surface area contributed by atoms with Crippen LogP contribution in [0.1, 0.15) is 39.1 Å². The van der Waals surface area contributed by atoms with Gasteiger partial charge in [-0.2, -0.15) is 0 Å². The second-order valence-corrected chi connectivity index (χ2v) is 13.1. The first-order valence-corrected chi connectivity index (χ1v) is 17.3. The lowest BCUT2D eigenvalue weighted by molar-refractivity contribution is 0.0261. The van der Waals surface area contributed by atoms with Crippen LogP contribution in [0.25, 0.3) is 0 Å². The molecule has 0 saturated carbocycles. The predicted molar refractivity (Wildman–Crippen MR) is 198 cm³/mol. The first-order chi connectivity index (χ1) is 24.3. The Labute approximate surface area is 321 Å². The maximum absolute atomic E-state index is 14.3. The number of nitrogens with one attached hydrogen (secondary N) is 4. The Kier molecular flexibility index (Phi) is 17.0. The minimum Gasteiger partial charge on any atom is -0.396 e. The monoisotopic (exact) mass is 962 g/mol. The quantitative estimate of drug-likeness (QED) is 0.0248. The van der Waals surface area contributed by atoms with Gasteiger partial charge in [0.1, 0.15) is 0 Å². The summed E-state index contributed by atoms with van der Waals surface area (Å²) in [5, 5.41) is 22.9. The van der Waals surface area contributed by atoms with E-state index in [0.717, 1.165) is 24.8 Å². The number of amides is 2. The molecule has 6 N–H and O–H groups in total. The lowest BCUT2D eigenvalue weighted by atomic mass is 10.1. The zero-order chi connectivity index (χ0) is 37.7. The molecule has 0 fully saturated rings. The van der Waals surface area contributed by atoms with Gasteiger partial charge in [0.15, 0.2) is 29.1 Å². The van der Waals surface area contributed by atoms with Crippen molar-refractivity contribution in [2.45, 2.75) is 19.8 Å². The number of rotatable bonds is 14. The van der Waals surface area contributed by atoms with Crippen LogP contribution in [0, 0.1) is 43.2 Å². The third kappa shape index (κ3) is 12.1. The molecule has 4 aromatic rings. The number of hydroxylamine groups is 2. The number of aliphatic hydroxyl groups is 2. The van der Waals surface area contributed by atoms with Crippen molar-refractivity contribution in [2.24, 2.45) is 0 Å². The number of hydrogen-bond acceptors (Lipinski definition) is 8. The van der Waals surface area contributed by atoms with Crippen LogP contribution in [0.3, 0.4) is 0 Å². The minimum atomic E-state index is -1.69. The molecule has 0 unspecified atom stereocenters. The number of hydrogen-bond donors (Lipinski definition) is 6. The van der Waals surface area contributed by atoms with E-state index in [4.69, 9.17) is 31.5 Å². The van der Waals surface area contributed by atoms with Gasteiger partial charge in [-0.15, -0.1) is 0 Å². The van der Waals surface area contributed by atoms with Crippen molar-refractivity contribution in [2.75, 3.05) is 37.1 Å². The molecule has 0 bridgehead atoms. The van der Waals surface area contributed by atoms with Crippen LogP contribution in [-0.4, -0.2) is 48.5 Å². The van der Waals surface area contributed by atoms with Crippen molar-refractivity contribution in [1.82, 2.24) is 11.0 Å². The van der Waals surface area contributed by atoms with E-state index in [-0.39, 0.29) is 44.1 Å². The molecule has 0 aliphatic carbocycles. The molecule has 0 aliphatic heterocycles. The average Bonchev–Trinajstić information content (AvgIpc) is 3.09. The Morgan fingerprint density at radius 3 is 1.78 bits per heavy atom. The van der Waals surface area contributed by atoms with Gasteiger partial charge < -0.3 is 20.8 Å². The van der Waals surface area contributed by atoms with Crippen LogP contribution in [0.5, 0.6) is 0 Å². The van der Waals surface area contributed by atoms with Crippen molar-refractivity contribution in [3.05, 3.63) is 113 Å². The van der Waals surface area contributed by atoms with E-state index < -0.39 is 52.2 Å². The van der Waals surface area contributed by atoms with Gasteiger partial charge in [0.2, 0.25) is 0 Å². The molecule has 0 aliphatic rings. The number of aliphatic hydroxyl groups excluding tert-OH is 2. The van der Waals surface area contributed by atoms with E-state index in [0.29, 0.717) is 28.9 Å². The molecule has 0 saturated heterocycles. The molecule has 2 amide bonds. The van der Waals surface area contributed by atoms with Crippen molar-refractivity contribution >= 4 is 91.3 Å². The van der Waals surface area contributed by atoms with Crippen molar-refractivity contribution in [3.63, 3.8) is 0 Å². The average molecular weight is 963 g/mol. The molecule has 274 valence electrons. The molecule has 0 heterocycles. The largest absolute Gasteiger partial charge is 0.396 e. The molecule has 51 heavy (non-hydrogen) atoms. The standard InChI is InChI=1S/C17H16F3IN2O3.C16H14ClF2IN2O3/c1-9-7-10(21)3-4-13(9)22-16-11(8-12(18)14(19)15(16)20)17(25)23-26-6-2-5-24;17-11-8-9(20)2-5-13(11)21-15-10(3-4-12(18)14(15)19)16(24)22-25-7-1-6-23/h3-4,7-8,22,24H,2,5-6H2,1H3,(H,23,25);2-5,8,21,23H,1,6-7H2,(H,22,24). The third-order valence-corrected chi connectivity index (χ3v) is 8.18. The highest BCUT2D eigenvalue weighted by Crippen LogP contribution is 2.32. The molecule has 0 atom stereocenters. The van der Waals surface area contributed by atoms with Crippen LogP contribution in [0.2, 0.25) is 5.02 Å². The molecule has 10 nitrogen and oxygen atoms in total. The molecular weight excluding hydrogens is 933 g/mol. The van der Waals surface area contributed by atoms with E-state index in [2.05, 4.69) is 61.3 Å². The fourth-order valence-corrected chi connectivity index (χ4v) is 5.55. The van der Waals surface area contributed by atoms with Gasteiger partial charge in [0, 0.05) is 26.0 Å². The molecule has 0 aromatic heterocycles. The van der Waals surface area contributed by atoms with Crippen LogP contribution in [0.15, 0.2) is 54.6 Å². The number of carbonyl (C=O) groups is 2. The third-order valence-electron chi connectivity index (χ3n) is 6.52. The highest BCUT2D eigenvalue weighted by Gasteiger charge is 2.24. The molecule has 18 heteroatoms. The summed E-state index contributed by atoms with van der Waals surface area (Å²) in [6.07, 6.45) is 0.584. The Morgan fingerprint density at radius 2 is 1.22 bits per heavy atom. The summed E-state index contributed by atoms with van der Waals surface area (Å²) < 4.78 is 71.2. The number of anilines is 4. The van der Waals surface area contributed by atoms with Gasteiger partial charge in [-0.05, 0) is 125 Å². The normalized spacial score (nSPS) is 10.6. The van der Waals surface area contributed by atoms with Gasteiger partial charge in [0.25, 0.3) is 11.8 Å². The van der Waals surface area contributed by atoms with Crippen LogP contribution in [0.4, 0.5) is 44.7 Å². The van der Waals surface area contributed by atoms with E-state index in [1.807, 2.05) is 5.48 Å². The maximum atomic E-state index is 14.3. The fourth-order valence-electron chi connectivity index (χ4n) is 4.00. The highest BCUT2D eigenvalue weighted by atomic mass is 127. The first-order valence-electron chi connectivity index (χ1n) is 14.8. The zero-order valence-electron chi connectivity index (χ0n) is 26.5. The van der Waals surface area contributed by atoms with E-state index in [1.54, 1.807) is 43.3 Å². The Morgan fingerprint density at radius 1 is 0.686 bits per heavy atom. The summed E-state index contributed by atoms with van der Waals surface area (Å²) in [7, 11) is 0. The van der Waals surface area contributed by atoms with Crippen LogP contribution >= 0.6 is 56.8 Å². The van der Waals surface area contributed by atoms with Gasteiger partial charge in [-0.3, -0.25) is 19.3 Å². The molecule has 4 aromatic carbocycles. The predicted octanol–water partition coefficient (Wildman–Crippen LogP) is 7.81. The van der Waals surface area contributed by atoms with Gasteiger partial charge in [-0.25, -0.2) is 32.9 Å². The molecular formula is C33H30ClF5I2N4O6. The van der Waals surface area contributed by atoms with E-state index >= 15 is 0 Å². The van der Waals surface area contributed by atoms with Crippen molar-refractivity contribution in [3.8, 4) is 0 Å². The van der Waals surface area contributed by atoms with Gasteiger partial charge in [-0.1, -0.05) is 11.6 Å². The summed E-state index contributed by atoms with van der Waals surface area (Å²) in [5.74, 6) is -8.73. The summed E-state index contributed by atoms with van der Waals surface area (Å²) in [6.45, 7) is 1.60. The van der Waals surface area contributed by atoms with Gasteiger partial charge >= 0.3 is 0 Å². The van der Waals surface area contributed by atoms with Crippen molar-refractivity contribution < 1.29 is 51.4 Å². The number of aryl methyl sites for hydroxylation is 1. The Hall–Kier alpha value is -3.34. The number of carbonyl (C=O) groups excluding carboxylic acids is 2.